The Labute approximate surface area is 332 Å². The van der Waals surface area contributed by atoms with E-state index in [0.717, 1.165) is 33.5 Å². The van der Waals surface area contributed by atoms with Gasteiger partial charge >= 0.3 is 0 Å². The van der Waals surface area contributed by atoms with Gasteiger partial charge in [-0.3, -0.25) is 0 Å². The number of hydrogen-bond donors (Lipinski definition) is 0. The van der Waals surface area contributed by atoms with E-state index in [1.165, 1.54) is 71.4 Å². The Bertz CT molecular complexity index is 3190. The van der Waals surface area contributed by atoms with Crippen molar-refractivity contribution in [2.24, 2.45) is 0 Å². The van der Waals surface area contributed by atoms with Crippen LogP contribution in [0, 0.1) is 0 Å². The summed E-state index contributed by atoms with van der Waals surface area (Å²) in [7, 11) is 0. The molecule has 1 aliphatic rings. The average molecular weight is 727 g/mol. The van der Waals surface area contributed by atoms with Crippen molar-refractivity contribution in [3.63, 3.8) is 0 Å². The van der Waals surface area contributed by atoms with Gasteiger partial charge < -0.3 is 0 Å². The van der Waals surface area contributed by atoms with Crippen molar-refractivity contribution in [1.29, 1.82) is 0 Å². The fourth-order valence-electron chi connectivity index (χ4n) is 9.12. The van der Waals surface area contributed by atoms with Gasteiger partial charge in [-0.1, -0.05) is 184 Å². The van der Waals surface area contributed by atoms with Crippen LogP contribution in [-0.2, 0) is 5.41 Å². The molecule has 0 saturated carbocycles. The third-order valence-electron chi connectivity index (χ3n) is 12.1. The molecule has 2 heteroatoms. The van der Waals surface area contributed by atoms with Crippen LogP contribution >= 0.6 is 0 Å². The Morgan fingerprint density at radius 2 is 0.842 bits per heavy atom. The minimum atomic E-state index is -0.0759. The SMILES string of the molecule is CC1(C)c2ccc(-c3ccc(-c4cc(-c5cccc6ccccc56)nc(-c5ccc(-c6ccccc6)cc5)n4)c4ccccc34)cc2-c2cc3ccccc3cc21. The molecule has 2 nitrogen and oxygen atoms in total. The van der Waals surface area contributed by atoms with Gasteiger partial charge in [0.2, 0.25) is 0 Å². The number of nitrogens with zero attached hydrogens (tertiary/aromatic N) is 2. The molecule has 0 atom stereocenters. The number of benzene rings is 9. The van der Waals surface area contributed by atoms with Gasteiger partial charge in [0.25, 0.3) is 0 Å². The van der Waals surface area contributed by atoms with Crippen LogP contribution in [0.1, 0.15) is 25.0 Å². The van der Waals surface area contributed by atoms with Crippen LogP contribution in [0.5, 0.6) is 0 Å². The number of hydrogen-bond acceptors (Lipinski definition) is 2. The summed E-state index contributed by atoms with van der Waals surface area (Å²) in [5.74, 6) is 0.704. The molecule has 9 aromatic carbocycles. The Balaban J connectivity index is 1.07. The van der Waals surface area contributed by atoms with Crippen LogP contribution in [0.2, 0.25) is 0 Å². The highest BCUT2D eigenvalue weighted by Gasteiger charge is 2.36. The van der Waals surface area contributed by atoms with Crippen LogP contribution in [-0.4, -0.2) is 9.97 Å². The van der Waals surface area contributed by atoms with E-state index in [9.17, 15) is 0 Å². The summed E-state index contributed by atoms with van der Waals surface area (Å²) in [6, 6.07) is 70.2. The van der Waals surface area contributed by atoms with Gasteiger partial charge in [0.05, 0.1) is 11.4 Å². The monoisotopic (exact) mass is 726 g/mol. The molecule has 0 radical (unpaired) electrons. The maximum atomic E-state index is 5.34. The molecule has 268 valence electrons. The molecular formula is C55H38N2. The molecule has 0 spiro atoms. The fraction of sp³-hybridized carbons (Fsp3) is 0.0545. The van der Waals surface area contributed by atoms with Crippen molar-refractivity contribution in [1.82, 2.24) is 9.97 Å². The van der Waals surface area contributed by atoms with E-state index in [-0.39, 0.29) is 5.41 Å². The lowest BCUT2D eigenvalue weighted by Crippen LogP contribution is -2.14. The molecule has 0 amide bonds. The molecule has 0 saturated heterocycles. The molecule has 11 rings (SSSR count). The van der Waals surface area contributed by atoms with Crippen molar-refractivity contribution in [2.75, 3.05) is 0 Å². The second kappa shape index (κ2) is 13.0. The Hall–Kier alpha value is -7.16. The smallest absolute Gasteiger partial charge is 0.160 e. The molecule has 1 heterocycles. The van der Waals surface area contributed by atoms with Crippen molar-refractivity contribution < 1.29 is 0 Å². The van der Waals surface area contributed by atoms with Crippen molar-refractivity contribution in [3.8, 4) is 67.3 Å². The minimum absolute atomic E-state index is 0.0759. The molecule has 0 aliphatic heterocycles. The highest BCUT2D eigenvalue weighted by Crippen LogP contribution is 2.51. The van der Waals surface area contributed by atoms with E-state index in [0.29, 0.717) is 5.82 Å². The first-order chi connectivity index (χ1) is 28.0. The predicted molar refractivity (Wildman–Crippen MR) is 239 cm³/mol. The second-order valence-corrected chi connectivity index (χ2v) is 15.8. The minimum Gasteiger partial charge on any atom is -0.228 e. The number of rotatable bonds is 5. The molecule has 0 fully saturated rings. The lowest BCUT2D eigenvalue weighted by atomic mass is 9.81. The highest BCUT2D eigenvalue weighted by atomic mass is 14.9. The molecule has 10 aromatic rings. The zero-order valence-corrected chi connectivity index (χ0v) is 31.9. The lowest BCUT2D eigenvalue weighted by molar-refractivity contribution is 0.661. The van der Waals surface area contributed by atoms with E-state index in [2.05, 4.69) is 208 Å². The summed E-state index contributed by atoms with van der Waals surface area (Å²) in [5, 5.41) is 7.29. The van der Waals surface area contributed by atoms with Crippen molar-refractivity contribution in [2.45, 2.75) is 19.3 Å². The summed E-state index contributed by atoms with van der Waals surface area (Å²) in [4.78, 5) is 10.6. The maximum Gasteiger partial charge on any atom is 0.160 e. The van der Waals surface area contributed by atoms with E-state index < -0.39 is 0 Å². The Morgan fingerprint density at radius 1 is 0.316 bits per heavy atom. The van der Waals surface area contributed by atoms with E-state index >= 15 is 0 Å². The predicted octanol–water partition coefficient (Wildman–Crippen LogP) is 14.6. The first-order valence-corrected chi connectivity index (χ1v) is 19.7. The summed E-state index contributed by atoms with van der Waals surface area (Å²) < 4.78 is 0. The van der Waals surface area contributed by atoms with E-state index in [1.54, 1.807) is 0 Å². The van der Waals surface area contributed by atoms with Gasteiger partial charge in [0.1, 0.15) is 0 Å². The zero-order chi connectivity index (χ0) is 38.1. The Kier molecular flexibility index (Phi) is 7.55. The molecule has 0 N–H and O–H groups in total. The molecule has 0 bridgehead atoms. The van der Waals surface area contributed by atoms with Crippen LogP contribution < -0.4 is 0 Å². The van der Waals surface area contributed by atoms with Crippen LogP contribution in [0.25, 0.3) is 99.6 Å². The van der Waals surface area contributed by atoms with Gasteiger partial charge in [-0.15, -0.1) is 0 Å². The fourth-order valence-corrected chi connectivity index (χ4v) is 9.12. The van der Waals surface area contributed by atoms with Gasteiger partial charge in [-0.25, -0.2) is 9.97 Å². The summed E-state index contributed by atoms with van der Waals surface area (Å²) >= 11 is 0. The molecular weight excluding hydrogens is 689 g/mol. The number of fused-ring (bicyclic) bond motifs is 6. The van der Waals surface area contributed by atoms with E-state index in [4.69, 9.17) is 9.97 Å². The molecule has 57 heavy (non-hydrogen) atoms. The molecule has 0 unspecified atom stereocenters. The standard InChI is InChI=1S/C55H38N2/c1-55(2)50-30-27-41(32-48(50)49-31-39-16-6-7-17-40(39)33-51(49)55)43-28-29-47(45-21-11-10-20-44(43)45)53-34-52(46-22-12-18-37-15-8-9-19-42(37)46)56-54(57-53)38-25-23-36(24-26-38)35-13-4-3-5-14-35/h3-34H,1-2H3. The first-order valence-electron chi connectivity index (χ1n) is 19.7. The quantitative estimate of drug-likeness (QED) is 0.176. The molecule has 1 aliphatic carbocycles. The number of aromatic nitrogens is 2. The topological polar surface area (TPSA) is 25.8 Å². The normalized spacial score (nSPS) is 12.9. The van der Waals surface area contributed by atoms with E-state index in [1.807, 2.05) is 0 Å². The van der Waals surface area contributed by atoms with Gasteiger partial charge in [-0.05, 0) is 101 Å². The zero-order valence-electron chi connectivity index (χ0n) is 31.9. The van der Waals surface area contributed by atoms with Crippen molar-refractivity contribution in [3.05, 3.63) is 205 Å². The third kappa shape index (κ3) is 5.48. The van der Waals surface area contributed by atoms with Gasteiger partial charge in [0, 0.05) is 22.1 Å². The van der Waals surface area contributed by atoms with Crippen LogP contribution in [0.15, 0.2) is 194 Å². The van der Waals surface area contributed by atoms with Crippen LogP contribution in [0.4, 0.5) is 0 Å². The average Bonchev–Trinajstić information content (AvgIpc) is 3.49. The summed E-state index contributed by atoms with van der Waals surface area (Å²) in [6.45, 7) is 4.72. The first kappa shape index (κ1) is 33.2. The lowest BCUT2D eigenvalue weighted by Gasteiger charge is -2.22. The molecule has 1 aromatic heterocycles. The third-order valence-corrected chi connectivity index (χ3v) is 12.1. The van der Waals surface area contributed by atoms with Crippen molar-refractivity contribution >= 4 is 32.3 Å². The van der Waals surface area contributed by atoms with Crippen LogP contribution in [0.3, 0.4) is 0 Å². The largest absolute Gasteiger partial charge is 0.228 e. The summed E-state index contributed by atoms with van der Waals surface area (Å²) in [6.07, 6.45) is 0. The highest BCUT2D eigenvalue weighted by molar-refractivity contribution is 6.06. The van der Waals surface area contributed by atoms with Gasteiger partial charge in [0.15, 0.2) is 5.82 Å². The Morgan fingerprint density at radius 3 is 1.60 bits per heavy atom. The summed E-state index contributed by atoms with van der Waals surface area (Å²) in [5.41, 5.74) is 15.1. The maximum absolute atomic E-state index is 5.34. The second-order valence-electron chi connectivity index (χ2n) is 15.8. The van der Waals surface area contributed by atoms with Gasteiger partial charge in [-0.2, -0.15) is 0 Å².